The highest BCUT2D eigenvalue weighted by Gasteiger charge is 2.24. The van der Waals surface area contributed by atoms with Crippen LogP contribution in [0.2, 0.25) is 0 Å². The highest BCUT2D eigenvalue weighted by atomic mass is 16.5. The van der Waals surface area contributed by atoms with E-state index in [1.807, 2.05) is 24.3 Å². The van der Waals surface area contributed by atoms with Crippen LogP contribution in [0.25, 0.3) is 10.9 Å². The fourth-order valence-corrected chi connectivity index (χ4v) is 4.52. The van der Waals surface area contributed by atoms with Crippen molar-refractivity contribution in [3.63, 3.8) is 0 Å². The largest absolute Gasteiger partial charge is 0.493 e. The first-order valence-corrected chi connectivity index (χ1v) is 11.8. The summed E-state index contributed by atoms with van der Waals surface area (Å²) in [6.07, 6.45) is 8.86. The lowest BCUT2D eigenvalue weighted by molar-refractivity contribution is -0.137. The Balaban J connectivity index is 1.30. The number of hydrogen-bond acceptors (Lipinski definition) is 7. The summed E-state index contributed by atoms with van der Waals surface area (Å²) in [5.41, 5.74) is 3.76. The normalized spacial score (nSPS) is 18.1. The average molecular weight is 476 g/mol. The summed E-state index contributed by atoms with van der Waals surface area (Å²) in [5, 5.41) is 28.4. The Bertz CT molecular complexity index is 1300. The SMILES string of the molecule is CN1C=CC(C(CC(=O)O)n2ncc3cc(OCCc4ccc5c(n4)NCCC5)ccc32)=CC1O. The number of aliphatic hydroxyl groups excluding tert-OH is 1. The number of likely N-dealkylation sites (N-methyl/N-ethyl adjacent to an activating group) is 1. The molecule has 0 bridgehead atoms. The lowest BCUT2D eigenvalue weighted by Crippen LogP contribution is -2.29. The Morgan fingerprint density at radius 2 is 2.20 bits per heavy atom. The van der Waals surface area contributed by atoms with Crippen LogP contribution in [0.15, 0.2) is 60.5 Å². The van der Waals surface area contributed by atoms with Crippen LogP contribution < -0.4 is 10.1 Å². The number of nitrogens with one attached hydrogen (secondary N) is 1. The molecule has 9 nitrogen and oxygen atoms in total. The minimum absolute atomic E-state index is 0.149. The number of pyridine rings is 1. The summed E-state index contributed by atoms with van der Waals surface area (Å²) >= 11 is 0. The highest BCUT2D eigenvalue weighted by molar-refractivity contribution is 5.81. The molecule has 2 aliphatic heterocycles. The minimum atomic E-state index is -0.938. The topological polar surface area (TPSA) is 113 Å². The zero-order chi connectivity index (χ0) is 24.4. The lowest BCUT2D eigenvalue weighted by atomic mass is 10.0. The van der Waals surface area contributed by atoms with Crippen LogP contribution in [0.3, 0.4) is 0 Å². The molecule has 5 rings (SSSR count). The van der Waals surface area contributed by atoms with Gasteiger partial charge < -0.3 is 25.2 Å². The van der Waals surface area contributed by atoms with Gasteiger partial charge in [-0.1, -0.05) is 6.07 Å². The van der Waals surface area contributed by atoms with Gasteiger partial charge in [0.25, 0.3) is 0 Å². The molecule has 0 amide bonds. The van der Waals surface area contributed by atoms with E-state index in [0.29, 0.717) is 18.6 Å². The molecule has 3 N–H and O–H groups in total. The number of allylic oxidation sites excluding steroid dienone is 2. The Hall–Kier alpha value is -3.85. The number of carbonyl (C=O) groups is 1. The second-order valence-corrected chi connectivity index (χ2v) is 8.92. The number of aryl methyl sites for hydroxylation is 1. The molecule has 0 saturated heterocycles. The smallest absolute Gasteiger partial charge is 0.305 e. The van der Waals surface area contributed by atoms with Crippen molar-refractivity contribution >= 4 is 22.7 Å². The van der Waals surface area contributed by atoms with Crippen LogP contribution in [0, 0.1) is 0 Å². The summed E-state index contributed by atoms with van der Waals surface area (Å²) < 4.78 is 7.69. The number of fused-ring (bicyclic) bond motifs is 2. The molecule has 0 radical (unpaired) electrons. The number of carboxylic acids is 1. The van der Waals surface area contributed by atoms with Gasteiger partial charge in [-0.25, -0.2) is 4.98 Å². The number of hydrogen-bond donors (Lipinski definition) is 3. The maximum Gasteiger partial charge on any atom is 0.305 e. The van der Waals surface area contributed by atoms with E-state index in [9.17, 15) is 15.0 Å². The van der Waals surface area contributed by atoms with Crippen molar-refractivity contribution < 1.29 is 19.7 Å². The average Bonchev–Trinajstić information content (AvgIpc) is 3.27. The van der Waals surface area contributed by atoms with Crippen molar-refractivity contribution in [3.8, 4) is 5.75 Å². The highest BCUT2D eigenvalue weighted by Crippen LogP contribution is 2.31. The Labute approximate surface area is 203 Å². The van der Waals surface area contributed by atoms with E-state index in [1.54, 1.807) is 35.1 Å². The van der Waals surface area contributed by atoms with Crippen molar-refractivity contribution in [2.24, 2.45) is 0 Å². The molecule has 2 aliphatic rings. The van der Waals surface area contributed by atoms with Crippen molar-refractivity contribution in [2.75, 3.05) is 25.5 Å². The van der Waals surface area contributed by atoms with Crippen molar-refractivity contribution in [1.29, 1.82) is 0 Å². The number of ether oxygens (including phenoxy) is 1. The molecular weight excluding hydrogens is 446 g/mol. The first-order chi connectivity index (χ1) is 17.0. The number of anilines is 1. The molecule has 4 heterocycles. The molecule has 182 valence electrons. The molecule has 0 spiro atoms. The van der Waals surface area contributed by atoms with Crippen LogP contribution in [-0.4, -0.2) is 62.3 Å². The first-order valence-electron chi connectivity index (χ1n) is 11.8. The van der Waals surface area contributed by atoms with Gasteiger partial charge in [0.2, 0.25) is 0 Å². The van der Waals surface area contributed by atoms with Gasteiger partial charge in [-0.15, -0.1) is 0 Å². The third-order valence-electron chi connectivity index (χ3n) is 6.45. The van der Waals surface area contributed by atoms with Crippen molar-refractivity contribution in [1.82, 2.24) is 19.7 Å². The van der Waals surface area contributed by atoms with Crippen LogP contribution >= 0.6 is 0 Å². The molecule has 2 unspecified atom stereocenters. The summed E-state index contributed by atoms with van der Waals surface area (Å²) in [5.74, 6) is 0.768. The number of aromatic nitrogens is 3. The Morgan fingerprint density at radius 3 is 3.03 bits per heavy atom. The predicted molar refractivity (Wildman–Crippen MR) is 132 cm³/mol. The van der Waals surface area contributed by atoms with Gasteiger partial charge in [0.05, 0.1) is 30.8 Å². The van der Waals surface area contributed by atoms with Crippen LogP contribution in [0.5, 0.6) is 5.75 Å². The van der Waals surface area contributed by atoms with Gasteiger partial charge in [0.15, 0.2) is 0 Å². The standard InChI is InChI=1S/C26H29N5O4/c1-30-11-8-18(14-24(30)32)23(15-25(33)34)31-22-7-6-21(13-19(22)16-28-31)35-12-9-20-5-4-17-3-2-10-27-26(17)29-20/h4-8,11,13-14,16,23-24,32H,2-3,9-10,12,15H2,1H3,(H,27,29)(H,33,34). The van der Waals surface area contributed by atoms with Crippen LogP contribution in [0.4, 0.5) is 5.82 Å². The van der Waals surface area contributed by atoms with E-state index in [1.165, 1.54) is 5.56 Å². The summed E-state index contributed by atoms with van der Waals surface area (Å²) in [6, 6.07) is 9.34. The van der Waals surface area contributed by atoms with Gasteiger partial charge in [-0.2, -0.15) is 5.10 Å². The quantitative estimate of drug-likeness (QED) is 0.456. The fraction of sp³-hybridized carbons (Fsp3) is 0.346. The van der Waals surface area contributed by atoms with Crippen LogP contribution in [-0.2, 0) is 17.6 Å². The molecule has 1 aromatic carbocycles. The first kappa shape index (κ1) is 22.9. The van der Waals surface area contributed by atoms with E-state index >= 15 is 0 Å². The number of carboxylic acid groups (broad SMARTS) is 1. The number of aliphatic carboxylic acids is 1. The molecule has 3 aromatic rings. The maximum atomic E-state index is 11.6. The maximum absolute atomic E-state index is 11.6. The lowest BCUT2D eigenvalue weighted by Gasteiger charge is -2.27. The molecule has 2 aromatic heterocycles. The molecule has 35 heavy (non-hydrogen) atoms. The number of aliphatic hydroxyl groups is 1. The molecule has 0 saturated carbocycles. The molecular formula is C26H29N5O4. The monoisotopic (exact) mass is 475 g/mol. The second-order valence-electron chi connectivity index (χ2n) is 8.92. The van der Waals surface area contributed by atoms with Gasteiger partial charge in [0, 0.05) is 37.3 Å². The van der Waals surface area contributed by atoms with Crippen molar-refractivity contribution in [3.05, 3.63) is 71.7 Å². The van der Waals surface area contributed by atoms with E-state index in [4.69, 9.17) is 9.72 Å². The molecule has 0 fully saturated rings. The Morgan fingerprint density at radius 1 is 1.31 bits per heavy atom. The summed E-state index contributed by atoms with van der Waals surface area (Å²) in [7, 11) is 1.75. The number of nitrogens with zero attached hydrogens (tertiary/aromatic N) is 4. The Kier molecular flexibility index (Phi) is 6.41. The molecule has 0 aliphatic carbocycles. The summed E-state index contributed by atoms with van der Waals surface area (Å²) in [4.78, 5) is 18.0. The van der Waals surface area contributed by atoms with Gasteiger partial charge >= 0.3 is 5.97 Å². The number of rotatable bonds is 8. The van der Waals surface area contributed by atoms with Crippen LogP contribution in [0.1, 0.15) is 30.1 Å². The van der Waals surface area contributed by atoms with E-state index in [0.717, 1.165) is 47.6 Å². The molecule has 9 heteroatoms. The predicted octanol–water partition coefficient (Wildman–Crippen LogP) is 3.13. The second kappa shape index (κ2) is 9.79. The van der Waals surface area contributed by atoms with Gasteiger partial charge in [0.1, 0.15) is 17.8 Å². The van der Waals surface area contributed by atoms with Crippen molar-refractivity contribution in [2.45, 2.75) is 38.0 Å². The zero-order valence-electron chi connectivity index (χ0n) is 19.6. The third kappa shape index (κ3) is 5.00. The van der Waals surface area contributed by atoms with E-state index in [-0.39, 0.29) is 6.42 Å². The number of benzene rings is 1. The molecule has 2 atom stereocenters. The third-order valence-corrected chi connectivity index (χ3v) is 6.45. The van der Waals surface area contributed by atoms with E-state index < -0.39 is 18.2 Å². The van der Waals surface area contributed by atoms with Gasteiger partial charge in [-0.3, -0.25) is 9.48 Å². The van der Waals surface area contributed by atoms with E-state index in [2.05, 4.69) is 22.5 Å². The summed E-state index contributed by atoms with van der Waals surface area (Å²) in [6.45, 7) is 1.46. The minimum Gasteiger partial charge on any atom is -0.493 e. The zero-order valence-corrected chi connectivity index (χ0v) is 19.6. The fourth-order valence-electron chi connectivity index (χ4n) is 4.52. The van der Waals surface area contributed by atoms with Gasteiger partial charge in [-0.05, 0) is 60.4 Å².